The zero-order valence-electron chi connectivity index (χ0n) is 6.67. The first-order valence-corrected chi connectivity index (χ1v) is 4.87. The maximum Gasteiger partial charge on any atom is 0.458 e. The lowest BCUT2D eigenvalue weighted by atomic mass is 10.2. The van der Waals surface area contributed by atoms with Crippen LogP contribution in [0.4, 0.5) is 30.7 Å². The van der Waals surface area contributed by atoms with Gasteiger partial charge >= 0.3 is 21.7 Å². The lowest BCUT2D eigenvalue weighted by Gasteiger charge is -2.33. The number of hydrogen-bond donors (Lipinski definition) is 1. The van der Waals surface area contributed by atoms with Gasteiger partial charge in [-0.2, -0.15) is 22.0 Å². The summed E-state index contributed by atoms with van der Waals surface area (Å²) in [7, 11) is 0. The van der Waals surface area contributed by atoms with Gasteiger partial charge in [0.15, 0.2) is 0 Å². The van der Waals surface area contributed by atoms with Crippen LogP contribution in [0.15, 0.2) is 0 Å². The number of rotatable bonds is 3. The van der Waals surface area contributed by atoms with Crippen LogP contribution in [0.5, 0.6) is 0 Å². The highest BCUT2D eigenvalue weighted by Gasteiger charge is 2.80. The molecule has 0 aliphatic heterocycles. The Morgan fingerprint density at radius 3 is 1.44 bits per heavy atom. The molecule has 0 saturated carbocycles. The van der Waals surface area contributed by atoms with Gasteiger partial charge in [0.1, 0.15) is 0 Å². The van der Waals surface area contributed by atoms with Crippen molar-refractivity contribution >= 4 is 34.3 Å². The van der Waals surface area contributed by atoms with Gasteiger partial charge < -0.3 is 4.55 Å². The first kappa shape index (κ1) is 16.2. The second kappa shape index (κ2) is 4.14. The van der Waals surface area contributed by atoms with Gasteiger partial charge in [0.25, 0.3) is 0 Å². The van der Waals surface area contributed by atoms with E-state index in [4.69, 9.17) is 4.55 Å². The molecule has 0 rings (SSSR count). The molecule has 1 N–H and O–H groups in total. The molecule has 2 nitrogen and oxygen atoms in total. The molecule has 0 fully saturated rings. The third-order valence-electron chi connectivity index (χ3n) is 1.34. The summed E-state index contributed by atoms with van der Waals surface area (Å²) in [6, 6.07) is 0. The molecule has 0 aliphatic carbocycles. The molecule has 0 spiro atoms. The van der Waals surface area contributed by atoms with Crippen LogP contribution in [0.2, 0.25) is 0 Å². The zero-order valence-corrected chi connectivity index (χ0v) is 8.99. The molecule has 0 aromatic heterocycles. The summed E-state index contributed by atoms with van der Waals surface area (Å²) in [5, 5.41) is -5.64. The number of halogens is 9. The monoisotopic (exact) mass is 316 g/mol. The van der Waals surface area contributed by atoms with E-state index in [9.17, 15) is 34.9 Å². The van der Waals surface area contributed by atoms with E-state index in [-0.39, 0.29) is 0 Å². The van der Waals surface area contributed by atoms with E-state index < -0.39 is 32.8 Å². The third kappa shape index (κ3) is 2.24. The highest BCUT2D eigenvalue weighted by molar-refractivity contribution is 7.82. The number of alkyl halides is 9. The van der Waals surface area contributed by atoms with Gasteiger partial charge in [-0.05, 0) is 0 Å². The molecule has 3 atom stereocenters. The minimum absolute atomic E-state index is 4.00. The fraction of sp³-hybridized carbons (Fsp3) is 1.00. The van der Waals surface area contributed by atoms with Crippen molar-refractivity contribution in [3.8, 4) is 0 Å². The van der Waals surface area contributed by atoms with Crippen molar-refractivity contribution in [2.75, 3.05) is 0 Å². The van der Waals surface area contributed by atoms with Crippen LogP contribution in [0.25, 0.3) is 0 Å². The Labute approximate surface area is 96.0 Å². The molecule has 0 amide bonds. The molecule has 0 heterocycles. The van der Waals surface area contributed by atoms with Crippen molar-refractivity contribution in [2.45, 2.75) is 21.7 Å². The Morgan fingerprint density at radius 1 is 0.938 bits per heavy atom. The average Bonchev–Trinajstić information content (AvgIpc) is 2.00. The minimum Gasteiger partial charge on any atom is -0.303 e. The summed E-state index contributed by atoms with van der Waals surface area (Å²) < 4.78 is 98.2. The molecule has 0 aromatic carbocycles. The quantitative estimate of drug-likeness (QED) is 0.493. The highest BCUT2D eigenvalue weighted by atomic mass is 35.5. The van der Waals surface area contributed by atoms with Crippen LogP contribution in [0.3, 0.4) is 0 Å². The van der Waals surface area contributed by atoms with E-state index >= 15 is 0 Å². The minimum atomic E-state index is -6.59. The highest BCUT2D eigenvalue weighted by Crippen LogP contribution is 2.56. The largest absolute Gasteiger partial charge is 0.458 e. The van der Waals surface area contributed by atoms with Gasteiger partial charge in [-0.1, -0.05) is 23.2 Å². The van der Waals surface area contributed by atoms with Gasteiger partial charge in [-0.15, -0.1) is 0 Å². The Bertz CT molecular complexity index is 301. The molecule has 12 heteroatoms. The fourth-order valence-corrected chi connectivity index (χ4v) is 1.24. The molecule has 0 saturated heterocycles. The van der Waals surface area contributed by atoms with Gasteiger partial charge in [-0.3, -0.25) is 0 Å². The topological polar surface area (TPSA) is 37.3 Å². The van der Waals surface area contributed by atoms with Crippen molar-refractivity contribution in [3.63, 3.8) is 0 Å². The maximum absolute atomic E-state index is 12.8. The maximum atomic E-state index is 12.8. The molecule has 3 unspecified atom stereocenters. The summed E-state index contributed by atoms with van der Waals surface area (Å²) in [5.74, 6) is -6.46. The smallest absolute Gasteiger partial charge is 0.303 e. The fourth-order valence-electron chi connectivity index (χ4n) is 0.470. The van der Waals surface area contributed by atoms with E-state index in [0.717, 1.165) is 0 Å². The molecule has 0 aromatic rings. The van der Waals surface area contributed by atoms with Crippen molar-refractivity contribution in [3.05, 3.63) is 0 Å². The molecule has 16 heavy (non-hydrogen) atoms. The van der Waals surface area contributed by atoms with E-state index in [1.807, 2.05) is 0 Å². The summed E-state index contributed by atoms with van der Waals surface area (Å²) in [5.41, 5.74) is 0. The predicted octanol–water partition coefficient (Wildman–Crippen LogP) is 3.17. The lowest BCUT2D eigenvalue weighted by molar-refractivity contribution is -0.317. The van der Waals surface area contributed by atoms with Crippen molar-refractivity contribution in [1.82, 2.24) is 0 Å². The van der Waals surface area contributed by atoms with Crippen LogP contribution >= 0.6 is 23.2 Å². The SMILES string of the molecule is O=S(O)C(F)(Cl)C(F)(Cl)C(F)(F)C(F)(F)F. The zero-order chi connectivity index (χ0) is 13.6. The molecule has 0 aliphatic rings. The molecule has 98 valence electrons. The second-order valence-electron chi connectivity index (χ2n) is 2.41. The molecular formula is C4HCl2F7O2S. The molecule has 0 radical (unpaired) electrons. The normalized spacial score (nSPS) is 23.4. The summed E-state index contributed by atoms with van der Waals surface area (Å²) in [6.07, 6.45) is -6.59. The first-order chi connectivity index (χ1) is 6.69. The Hall–Kier alpha value is 0.200. The lowest BCUT2D eigenvalue weighted by Crippen LogP contribution is -2.60. The van der Waals surface area contributed by atoms with Crippen molar-refractivity contribution in [2.24, 2.45) is 0 Å². The number of hydrogen-bond acceptors (Lipinski definition) is 1. The van der Waals surface area contributed by atoms with Crippen molar-refractivity contribution in [1.29, 1.82) is 0 Å². The van der Waals surface area contributed by atoms with Gasteiger partial charge in [0, 0.05) is 0 Å². The van der Waals surface area contributed by atoms with Crippen LogP contribution in [0, 0.1) is 0 Å². The van der Waals surface area contributed by atoms with Crippen LogP contribution < -0.4 is 0 Å². The summed E-state index contributed by atoms with van der Waals surface area (Å²) >= 11 is 3.94. The predicted molar refractivity (Wildman–Crippen MR) is 41.2 cm³/mol. The van der Waals surface area contributed by atoms with E-state index in [1.54, 1.807) is 0 Å². The van der Waals surface area contributed by atoms with Crippen molar-refractivity contribution < 1.29 is 39.5 Å². The first-order valence-electron chi connectivity index (χ1n) is 3.00. The average molecular weight is 317 g/mol. The Balaban J connectivity index is 5.62. The standard InChI is InChI=1S/C4HCl2F7O2S/c5-1(7,3(6,10)16(14)15)2(8,9)4(11,12)13/h(H,14,15). The van der Waals surface area contributed by atoms with E-state index in [0.29, 0.717) is 0 Å². The van der Waals surface area contributed by atoms with Gasteiger partial charge in [0.05, 0.1) is 0 Å². The summed E-state index contributed by atoms with van der Waals surface area (Å²) in [4.78, 5) is 0. The molecule has 0 bridgehead atoms. The van der Waals surface area contributed by atoms with Crippen LogP contribution in [-0.4, -0.2) is 30.4 Å². The summed E-state index contributed by atoms with van der Waals surface area (Å²) in [6.45, 7) is 0. The Kier molecular flexibility index (Phi) is 4.19. The van der Waals surface area contributed by atoms with E-state index in [2.05, 4.69) is 23.2 Å². The van der Waals surface area contributed by atoms with E-state index in [1.165, 1.54) is 0 Å². The van der Waals surface area contributed by atoms with Gasteiger partial charge in [-0.25, -0.2) is 13.0 Å². The van der Waals surface area contributed by atoms with Gasteiger partial charge in [0.2, 0.25) is 11.1 Å². The van der Waals surface area contributed by atoms with Crippen LogP contribution in [-0.2, 0) is 11.1 Å². The Morgan fingerprint density at radius 2 is 1.25 bits per heavy atom. The van der Waals surface area contributed by atoms with Crippen LogP contribution in [0.1, 0.15) is 0 Å². The second-order valence-corrected chi connectivity index (χ2v) is 4.74. The molecular weight excluding hydrogens is 316 g/mol. The third-order valence-corrected chi connectivity index (χ3v) is 3.42.